The van der Waals surface area contributed by atoms with E-state index in [0.717, 1.165) is 16.3 Å². The zero-order valence-electron chi connectivity index (χ0n) is 18.6. The number of nitrogens with zero attached hydrogens (tertiary/aromatic N) is 1. The lowest BCUT2D eigenvalue weighted by atomic mass is 9.99. The summed E-state index contributed by atoms with van der Waals surface area (Å²) in [5, 5.41) is 2.00. The van der Waals surface area contributed by atoms with Gasteiger partial charge in [0, 0.05) is 11.4 Å². The SMILES string of the molecule is CCOC(=O)c1ccc(N2C(=O)/C(=C\c3cccc4ccccc34)C(C(=O)OC)=C2C)cc1. The maximum absolute atomic E-state index is 13.5. The summed E-state index contributed by atoms with van der Waals surface area (Å²) >= 11 is 0. The van der Waals surface area contributed by atoms with E-state index in [-0.39, 0.29) is 23.7 Å². The summed E-state index contributed by atoms with van der Waals surface area (Å²) in [6.45, 7) is 3.71. The fraction of sp³-hybridized carbons (Fsp3) is 0.148. The Labute approximate surface area is 191 Å². The highest BCUT2D eigenvalue weighted by Gasteiger charge is 2.38. The van der Waals surface area contributed by atoms with Crippen molar-refractivity contribution >= 4 is 40.4 Å². The molecule has 33 heavy (non-hydrogen) atoms. The number of rotatable bonds is 5. The lowest BCUT2D eigenvalue weighted by Gasteiger charge is -2.18. The first-order valence-electron chi connectivity index (χ1n) is 10.6. The van der Waals surface area contributed by atoms with Crippen LogP contribution < -0.4 is 4.90 Å². The van der Waals surface area contributed by atoms with E-state index in [2.05, 4.69) is 0 Å². The lowest BCUT2D eigenvalue weighted by molar-refractivity contribution is -0.136. The van der Waals surface area contributed by atoms with E-state index in [1.54, 1.807) is 44.2 Å². The number of fused-ring (bicyclic) bond motifs is 1. The van der Waals surface area contributed by atoms with Crippen LogP contribution in [-0.4, -0.2) is 31.6 Å². The first-order chi connectivity index (χ1) is 16.0. The molecule has 1 amide bonds. The summed E-state index contributed by atoms with van der Waals surface area (Å²) in [5.41, 5.74) is 2.67. The van der Waals surface area contributed by atoms with Crippen LogP contribution in [0.15, 0.2) is 83.6 Å². The van der Waals surface area contributed by atoms with Gasteiger partial charge in [-0.2, -0.15) is 0 Å². The van der Waals surface area contributed by atoms with E-state index in [1.807, 2.05) is 42.5 Å². The van der Waals surface area contributed by atoms with Crippen LogP contribution in [0, 0.1) is 0 Å². The average molecular weight is 441 g/mol. The van der Waals surface area contributed by atoms with Crippen LogP contribution in [0.5, 0.6) is 0 Å². The number of ether oxygens (including phenoxy) is 2. The first-order valence-corrected chi connectivity index (χ1v) is 10.6. The minimum atomic E-state index is -0.585. The van der Waals surface area contributed by atoms with Gasteiger partial charge >= 0.3 is 11.9 Å². The van der Waals surface area contributed by atoms with Gasteiger partial charge in [0.2, 0.25) is 0 Å². The molecule has 3 aromatic rings. The Morgan fingerprint density at radius 2 is 1.64 bits per heavy atom. The van der Waals surface area contributed by atoms with E-state index < -0.39 is 11.9 Å². The van der Waals surface area contributed by atoms with Crippen molar-refractivity contribution in [3.05, 3.63) is 94.7 Å². The van der Waals surface area contributed by atoms with Crippen LogP contribution in [0.3, 0.4) is 0 Å². The molecule has 0 N–H and O–H groups in total. The molecule has 1 aliphatic heterocycles. The Morgan fingerprint density at radius 3 is 2.33 bits per heavy atom. The average Bonchev–Trinajstić information content (AvgIpc) is 3.08. The van der Waals surface area contributed by atoms with Crippen molar-refractivity contribution in [2.24, 2.45) is 0 Å². The van der Waals surface area contributed by atoms with Crippen molar-refractivity contribution in [2.45, 2.75) is 13.8 Å². The third kappa shape index (κ3) is 4.03. The third-order valence-electron chi connectivity index (χ3n) is 5.55. The normalized spacial score (nSPS) is 14.8. The van der Waals surface area contributed by atoms with Gasteiger partial charge in [0.1, 0.15) is 0 Å². The second kappa shape index (κ2) is 9.12. The molecule has 0 aliphatic carbocycles. The molecule has 4 rings (SSSR count). The molecular formula is C27H23NO5. The lowest BCUT2D eigenvalue weighted by Crippen LogP contribution is -2.24. The Kier molecular flexibility index (Phi) is 6.09. The second-order valence-corrected chi connectivity index (χ2v) is 7.49. The standard InChI is InChI=1S/C27H23NO5/c1-4-33-26(30)19-12-14-21(15-13-19)28-17(2)24(27(31)32-3)23(25(28)29)16-20-10-7-9-18-8-5-6-11-22(18)20/h5-16H,4H2,1-3H3/b23-16-. The van der Waals surface area contributed by atoms with Gasteiger partial charge in [-0.3, -0.25) is 9.69 Å². The summed E-state index contributed by atoms with van der Waals surface area (Å²) in [7, 11) is 1.29. The molecule has 0 unspecified atom stereocenters. The van der Waals surface area contributed by atoms with E-state index in [1.165, 1.54) is 12.0 Å². The molecule has 0 radical (unpaired) electrons. The predicted molar refractivity (Wildman–Crippen MR) is 127 cm³/mol. The molecule has 0 saturated heterocycles. The number of hydrogen-bond donors (Lipinski definition) is 0. The van der Waals surface area contributed by atoms with Gasteiger partial charge in [0.25, 0.3) is 5.91 Å². The number of benzene rings is 3. The number of hydrogen-bond acceptors (Lipinski definition) is 5. The largest absolute Gasteiger partial charge is 0.465 e. The molecule has 3 aromatic carbocycles. The maximum Gasteiger partial charge on any atom is 0.340 e. The molecular weight excluding hydrogens is 418 g/mol. The molecule has 0 atom stereocenters. The molecule has 1 aliphatic rings. The first kappa shape index (κ1) is 22.0. The fourth-order valence-corrected chi connectivity index (χ4v) is 3.98. The Bertz CT molecular complexity index is 1310. The molecule has 6 heteroatoms. The number of methoxy groups -OCH3 is 1. The summed E-state index contributed by atoms with van der Waals surface area (Å²) in [5.74, 6) is -1.36. The summed E-state index contributed by atoms with van der Waals surface area (Å²) < 4.78 is 10.0. The number of anilines is 1. The summed E-state index contributed by atoms with van der Waals surface area (Å²) in [4.78, 5) is 39.6. The Morgan fingerprint density at radius 1 is 0.939 bits per heavy atom. The van der Waals surface area contributed by atoms with E-state index >= 15 is 0 Å². The number of carbonyl (C=O) groups excluding carboxylic acids is 3. The monoisotopic (exact) mass is 441 g/mol. The van der Waals surface area contributed by atoms with Crippen molar-refractivity contribution in [3.63, 3.8) is 0 Å². The maximum atomic E-state index is 13.5. The van der Waals surface area contributed by atoms with E-state index in [0.29, 0.717) is 16.9 Å². The van der Waals surface area contributed by atoms with Gasteiger partial charge in [-0.25, -0.2) is 9.59 Å². The molecule has 0 bridgehead atoms. The fourth-order valence-electron chi connectivity index (χ4n) is 3.98. The Balaban J connectivity index is 1.80. The van der Waals surface area contributed by atoms with Gasteiger partial charge in [-0.05, 0) is 60.5 Å². The van der Waals surface area contributed by atoms with Crippen LogP contribution in [0.1, 0.15) is 29.8 Å². The number of allylic oxidation sites excluding steroid dienone is 1. The molecule has 0 saturated carbocycles. The smallest absolute Gasteiger partial charge is 0.340 e. The zero-order chi connectivity index (χ0) is 23.5. The Hall–Kier alpha value is -4.19. The minimum absolute atomic E-state index is 0.213. The third-order valence-corrected chi connectivity index (χ3v) is 5.55. The van der Waals surface area contributed by atoms with Crippen LogP contribution >= 0.6 is 0 Å². The molecule has 6 nitrogen and oxygen atoms in total. The van der Waals surface area contributed by atoms with Gasteiger partial charge in [-0.1, -0.05) is 42.5 Å². The van der Waals surface area contributed by atoms with Crippen molar-refractivity contribution < 1.29 is 23.9 Å². The van der Waals surface area contributed by atoms with Gasteiger partial charge in [-0.15, -0.1) is 0 Å². The van der Waals surface area contributed by atoms with Gasteiger partial charge < -0.3 is 9.47 Å². The molecule has 0 aromatic heterocycles. The van der Waals surface area contributed by atoms with Crippen molar-refractivity contribution in [3.8, 4) is 0 Å². The van der Waals surface area contributed by atoms with Crippen molar-refractivity contribution in [1.82, 2.24) is 0 Å². The van der Waals surface area contributed by atoms with Crippen molar-refractivity contribution in [2.75, 3.05) is 18.6 Å². The quantitative estimate of drug-likeness (QED) is 0.416. The van der Waals surface area contributed by atoms with Crippen molar-refractivity contribution in [1.29, 1.82) is 0 Å². The molecule has 166 valence electrons. The topological polar surface area (TPSA) is 72.9 Å². The van der Waals surface area contributed by atoms with Crippen LogP contribution in [0.4, 0.5) is 5.69 Å². The van der Waals surface area contributed by atoms with Crippen LogP contribution in [-0.2, 0) is 19.1 Å². The zero-order valence-corrected chi connectivity index (χ0v) is 18.6. The van der Waals surface area contributed by atoms with Gasteiger partial charge in [0.15, 0.2) is 0 Å². The summed E-state index contributed by atoms with van der Waals surface area (Å²) in [6, 6.07) is 20.2. The van der Waals surface area contributed by atoms with Crippen LogP contribution in [0.2, 0.25) is 0 Å². The molecule has 1 heterocycles. The van der Waals surface area contributed by atoms with Gasteiger partial charge in [0.05, 0.1) is 30.4 Å². The molecule has 0 spiro atoms. The number of esters is 2. The number of amides is 1. The van der Waals surface area contributed by atoms with Crippen LogP contribution in [0.25, 0.3) is 16.8 Å². The predicted octanol–water partition coefficient (Wildman–Crippen LogP) is 4.89. The minimum Gasteiger partial charge on any atom is -0.465 e. The second-order valence-electron chi connectivity index (χ2n) is 7.49. The number of carbonyl (C=O) groups is 3. The van der Waals surface area contributed by atoms with E-state index in [9.17, 15) is 14.4 Å². The highest BCUT2D eigenvalue weighted by molar-refractivity contribution is 6.24. The van der Waals surface area contributed by atoms with E-state index in [4.69, 9.17) is 9.47 Å². The summed E-state index contributed by atoms with van der Waals surface area (Å²) in [6.07, 6.45) is 1.73. The molecule has 0 fully saturated rings. The highest BCUT2D eigenvalue weighted by atomic mass is 16.5. The highest BCUT2D eigenvalue weighted by Crippen LogP contribution is 2.36.